The first kappa shape index (κ1) is 12.0. The molecule has 1 aliphatic rings. The molecule has 0 saturated heterocycles. The largest absolute Gasteiger partial charge is 0.393 e. The average Bonchev–Trinajstić information content (AvgIpc) is 2.01. The molecule has 0 aliphatic heterocycles. The maximum absolute atomic E-state index is 9.15. The van der Waals surface area contributed by atoms with Crippen molar-refractivity contribution in [2.75, 3.05) is 6.54 Å². The molecule has 14 heavy (non-hydrogen) atoms. The highest BCUT2D eigenvalue weighted by atomic mass is 16.3. The summed E-state index contributed by atoms with van der Waals surface area (Å²) in [5.41, 5.74) is 0. The van der Waals surface area contributed by atoms with Gasteiger partial charge in [0.05, 0.1) is 6.10 Å². The Bertz CT molecular complexity index is 148. The molecule has 84 valence electrons. The average molecular weight is 199 g/mol. The molecular weight excluding hydrogens is 174 g/mol. The van der Waals surface area contributed by atoms with E-state index in [1.807, 2.05) is 6.92 Å². The van der Waals surface area contributed by atoms with Crippen molar-refractivity contribution in [2.45, 2.75) is 58.6 Å². The molecular formula is C12H25NO. The summed E-state index contributed by atoms with van der Waals surface area (Å²) in [4.78, 5) is 0. The fourth-order valence-electron chi connectivity index (χ4n) is 2.61. The van der Waals surface area contributed by atoms with Gasteiger partial charge < -0.3 is 10.4 Å². The molecule has 4 atom stereocenters. The molecule has 2 N–H and O–H groups in total. The second-order valence-electron chi connectivity index (χ2n) is 5.21. The van der Waals surface area contributed by atoms with Gasteiger partial charge in [-0.2, -0.15) is 0 Å². The van der Waals surface area contributed by atoms with E-state index in [9.17, 15) is 0 Å². The van der Waals surface area contributed by atoms with Crippen molar-refractivity contribution in [1.29, 1.82) is 0 Å². The summed E-state index contributed by atoms with van der Waals surface area (Å²) in [5.74, 6) is 1.73. The predicted molar refractivity (Wildman–Crippen MR) is 60.3 cm³/mol. The number of hydrogen-bond donors (Lipinski definition) is 2. The van der Waals surface area contributed by atoms with E-state index in [1.54, 1.807) is 0 Å². The Morgan fingerprint density at radius 2 is 1.79 bits per heavy atom. The highest BCUT2D eigenvalue weighted by Gasteiger charge is 2.23. The van der Waals surface area contributed by atoms with Crippen molar-refractivity contribution in [3.8, 4) is 0 Å². The van der Waals surface area contributed by atoms with Gasteiger partial charge in [0, 0.05) is 6.04 Å². The minimum Gasteiger partial charge on any atom is -0.393 e. The monoisotopic (exact) mass is 199 g/mol. The number of nitrogens with one attached hydrogen (secondary N) is 1. The fourth-order valence-corrected chi connectivity index (χ4v) is 2.61. The lowest BCUT2D eigenvalue weighted by molar-refractivity contribution is 0.175. The summed E-state index contributed by atoms with van der Waals surface area (Å²) in [6.45, 7) is 7.51. The van der Waals surface area contributed by atoms with E-state index in [4.69, 9.17) is 5.11 Å². The molecule has 1 saturated carbocycles. The SMILES string of the molecule is C[C@@H]1CC(NCC[C@@H](C)O)C[C@H](C)C1. The van der Waals surface area contributed by atoms with E-state index >= 15 is 0 Å². The lowest BCUT2D eigenvalue weighted by Crippen LogP contribution is -2.37. The first-order valence-electron chi connectivity index (χ1n) is 5.99. The van der Waals surface area contributed by atoms with Crippen LogP contribution >= 0.6 is 0 Å². The molecule has 1 unspecified atom stereocenters. The zero-order chi connectivity index (χ0) is 10.6. The van der Waals surface area contributed by atoms with Gasteiger partial charge in [0.15, 0.2) is 0 Å². The van der Waals surface area contributed by atoms with Crippen LogP contribution < -0.4 is 5.32 Å². The fraction of sp³-hybridized carbons (Fsp3) is 1.00. The Balaban J connectivity index is 2.17. The van der Waals surface area contributed by atoms with Crippen LogP contribution in [0.1, 0.15) is 46.5 Å². The molecule has 0 aromatic carbocycles. The maximum Gasteiger partial charge on any atom is 0.0524 e. The quantitative estimate of drug-likeness (QED) is 0.727. The normalized spacial score (nSPS) is 35.6. The van der Waals surface area contributed by atoms with Crippen molar-refractivity contribution < 1.29 is 5.11 Å². The summed E-state index contributed by atoms with van der Waals surface area (Å²) in [6.07, 6.45) is 4.71. The summed E-state index contributed by atoms with van der Waals surface area (Å²) in [7, 11) is 0. The van der Waals surface area contributed by atoms with Crippen molar-refractivity contribution in [3.63, 3.8) is 0 Å². The van der Waals surface area contributed by atoms with Gasteiger partial charge in [-0.3, -0.25) is 0 Å². The highest BCUT2D eigenvalue weighted by molar-refractivity contribution is 4.79. The van der Waals surface area contributed by atoms with E-state index in [0.717, 1.165) is 24.8 Å². The third-order valence-electron chi connectivity index (χ3n) is 3.17. The van der Waals surface area contributed by atoms with E-state index in [-0.39, 0.29) is 6.10 Å². The number of aliphatic hydroxyl groups excluding tert-OH is 1. The van der Waals surface area contributed by atoms with Crippen molar-refractivity contribution >= 4 is 0 Å². The van der Waals surface area contributed by atoms with Crippen molar-refractivity contribution in [2.24, 2.45) is 11.8 Å². The van der Waals surface area contributed by atoms with Gasteiger partial charge in [0.1, 0.15) is 0 Å². The van der Waals surface area contributed by atoms with Crippen LogP contribution in [0.2, 0.25) is 0 Å². The molecule has 0 aromatic rings. The van der Waals surface area contributed by atoms with Gasteiger partial charge in [0.25, 0.3) is 0 Å². The van der Waals surface area contributed by atoms with Crippen molar-refractivity contribution in [3.05, 3.63) is 0 Å². The molecule has 2 heteroatoms. The molecule has 0 spiro atoms. The van der Waals surface area contributed by atoms with Gasteiger partial charge in [-0.25, -0.2) is 0 Å². The molecule has 0 heterocycles. The van der Waals surface area contributed by atoms with Gasteiger partial charge >= 0.3 is 0 Å². The van der Waals surface area contributed by atoms with Crippen LogP contribution in [0.3, 0.4) is 0 Å². The second-order valence-corrected chi connectivity index (χ2v) is 5.21. The van der Waals surface area contributed by atoms with Crippen LogP contribution in [0, 0.1) is 11.8 Å². The lowest BCUT2D eigenvalue weighted by Gasteiger charge is -2.32. The van der Waals surface area contributed by atoms with Crippen LogP contribution in [0.5, 0.6) is 0 Å². The minimum atomic E-state index is -0.166. The summed E-state index contributed by atoms with van der Waals surface area (Å²) < 4.78 is 0. The highest BCUT2D eigenvalue weighted by Crippen LogP contribution is 2.28. The molecule has 1 rings (SSSR count). The van der Waals surface area contributed by atoms with Gasteiger partial charge in [0.2, 0.25) is 0 Å². The Kier molecular flexibility index (Phi) is 4.90. The second kappa shape index (κ2) is 5.72. The zero-order valence-corrected chi connectivity index (χ0v) is 9.79. The van der Waals surface area contributed by atoms with E-state index in [1.165, 1.54) is 19.3 Å². The Hall–Kier alpha value is -0.0800. The first-order valence-corrected chi connectivity index (χ1v) is 5.99. The third-order valence-corrected chi connectivity index (χ3v) is 3.17. The van der Waals surface area contributed by atoms with Crippen LogP contribution in [0.25, 0.3) is 0 Å². The Morgan fingerprint density at radius 3 is 2.29 bits per heavy atom. The maximum atomic E-state index is 9.15. The predicted octanol–water partition coefficient (Wildman–Crippen LogP) is 2.17. The Morgan fingerprint density at radius 1 is 1.21 bits per heavy atom. The van der Waals surface area contributed by atoms with E-state index in [0.29, 0.717) is 6.04 Å². The first-order chi connectivity index (χ1) is 6.58. The lowest BCUT2D eigenvalue weighted by atomic mass is 9.80. The van der Waals surface area contributed by atoms with E-state index in [2.05, 4.69) is 19.2 Å². The number of hydrogen-bond acceptors (Lipinski definition) is 2. The number of rotatable bonds is 4. The van der Waals surface area contributed by atoms with Gasteiger partial charge in [-0.05, 0) is 51.0 Å². The van der Waals surface area contributed by atoms with Crippen LogP contribution in [0.15, 0.2) is 0 Å². The molecule has 2 nitrogen and oxygen atoms in total. The van der Waals surface area contributed by atoms with Gasteiger partial charge in [-0.15, -0.1) is 0 Å². The molecule has 1 fully saturated rings. The van der Waals surface area contributed by atoms with Gasteiger partial charge in [-0.1, -0.05) is 13.8 Å². The number of aliphatic hydroxyl groups is 1. The zero-order valence-electron chi connectivity index (χ0n) is 9.79. The summed E-state index contributed by atoms with van der Waals surface area (Å²) in [5, 5.41) is 12.7. The third kappa shape index (κ3) is 4.43. The van der Waals surface area contributed by atoms with Crippen LogP contribution in [0.4, 0.5) is 0 Å². The molecule has 0 bridgehead atoms. The molecule has 0 radical (unpaired) electrons. The van der Waals surface area contributed by atoms with Crippen molar-refractivity contribution in [1.82, 2.24) is 5.32 Å². The minimum absolute atomic E-state index is 0.166. The molecule has 0 amide bonds. The summed E-state index contributed by atoms with van der Waals surface area (Å²) >= 11 is 0. The molecule has 0 aromatic heterocycles. The molecule has 1 aliphatic carbocycles. The van der Waals surface area contributed by atoms with E-state index < -0.39 is 0 Å². The smallest absolute Gasteiger partial charge is 0.0524 e. The Labute approximate surface area is 88.1 Å². The standard InChI is InChI=1S/C12H25NO/c1-9-6-10(2)8-12(7-9)13-5-4-11(3)14/h9-14H,4-8H2,1-3H3/t9-,10+,11-,12?/m1/s1. The summed E-state index contributed by atoms with van der Waals surface area (Å²) in [6, 6.07) is 0.687. The topological polar surface area (TPSA) is 32.3 Å². The van der Waals surface area contributed by atoms with Crippen LogP contribution in [-0.2, 0) is 0 Å². The van der Waals surface area contributed by atoms with Crippen LogP contribution in [-0.4, -0.2) is 23.8 Å².